The van der Waals surface area contributed by atoms with Gasteiger partial charge >= 0.3 is 6.09 Å². The van der Waals surface area contributed by atoms with E-state index in [4.69, 9.17) is 20.4 Å². The summed E-state index contributed by atoms with van der Waals surface area (Å²) in [5.74, 6) is 2.20. The number of benzene rings is 2. The number of aryl methyl sites for hydroxylation is 2. The number of alkyl carbamates (subject to hydrolysis) is 1. The van der Waals surface area contributed by atoms with Crippen molar-refractivity contribution in [2.24, 2.45) is 5.73 Å². The Morgan fingerprint density at radius 3 is 1.67 bits per heavy atom. The van der Waals surface area contributed by atoms with Gasteiger partial charge in [-0.2, -0.15) is 10.2 Å². The average molecular weight is 907 g/mol. The SMILES string of the molecule is Cc1c[nH]c2c(Nc3nc(N[C@@H]4CCCC[C@@H]4N)cc4cn[nH]c(=O)c34)cccc12.Cc1c[nH]c2c(Nc3nc(N[C@@H]4CCCC[C@@H]4NC(=O)OC(C)(C)C)cc4cn[nH]c(=O)c34)cccc12. The summed E-state index contributed by atoms with van der Waals surface area (Å²) in [5, 5.41) is 34.3. The zero-order chi connectivity index (χ0) is 46.8. The number of ether oxygens (including phenoxy) is 1. The predicted molar refractivity (Wildman–Crippen MR) is 266 cm³/mol. The number of carbonyl (C=O) groups is 1. The lowest BCUT2D eigenvalue weighted by molar-refractivity contribution is 0.0488. The lowest BCUT2D eigenvalue weighted by Gasteiger charge is -2.33. The van der Waals surface area contributed by atoms with Crippen molar-refractivity contribution < 1.29 is 9.53 Å². The van der Waals surface area contributed by atoms with E-state index >= 15 is 0 Å². The Morgan fingerprint density at radius 1 is 0.687 bits per heavy atom. The zero-order valence-electron chi connectivity index (χ0n) is 38.4. The van der Waals surface area contributed by atoms with Gasteiger partial charge in [0.1, 0.15) is 28.9 Å². The second kappa shape index (κ2) is 18.8. The van der Waals surface area contributed by atoms with Crippen molar-refractivity contribution in [3.63, 3.8) is 0 Å². The fourth-order valence-electron chi connectivity index (χ4n) is 9.28. The van der Waals surface area contributed by atoms with Crippen LogP contribution in [0.25, 0.3) is 43.4 Å². The van der Waals surface area contributed by atoms with E-state index in [0.717, 1.165) is 101 Å². The van der Waals surface area contributed by atoms with Gasteiger partial charge in [0, 0.05) is 52.1 Å². The highest BCUT2D eigenvalue weighted by Crippen LogP contribution is 2.33. The summed E-state index contributed by atoms with van der Waals surface area (Å²) < 4.78 is 5.48. The highest BCUT2D eigenvalue weighted by atomic mass is 16.6. The molecule has 1 amide bonds. The number of rotatable bonds is 9. The van der Waals surface area contributed by atoms with E-state index in [1.165, 1.54) is 0 Å². The van der Waals surface area contributed by atoms with Crippen molar-refractivity contribution in [1.82, 2.24) is 45.6 Å². The first-order valence-electron chi connectivity index (χ1n) is 23.0. The molecule has 2 saturated carbocycles. The number of amides is 1. The maximum Gasteiger partial charge on any atom is 0.407 e. The Labute approximate surface area is 386 Å². The molecule has 6 aromatic heterocycles. The van der Waals surface area contributed by atoms with Crippen LogP contribution >= 0.6 is 0 Å². The van der Waals surface area contributed by atoms with Crippen LogP contribution in [0.2, 0.25) is 0 Å². The molecule has 0 aliphatic heterocycles. The zero-order valence-corrected chi connectivity index (χ0v) is 38.4. The normalized spacial score (nSPS) is 18.6. The van der Waals surface area contributed by atoms with Crippen molar-refractivity contribution >= 4 is 84.1 Å². The van der Waals surface area contributed by atoms with E-state index < -0.39 is 11.7 Å². The number of pyridine rings is 2. The predicted octanol–water partition coefficient (Wildman–Crippen LogP) is 8.63. The van der Waals surface area contributed by atoms with Crippen molar-refractivity contribution in [2.75, 3.05) is 21.3 Å². The fraction of sp³-hybridized carbons (Fsp3) is 0.367. The summed E-state index contributed by atoms with van der Waals surface area (Å²) in [6.45, 7) is 9.65. The number of fused-ring (bicyclic) bond motifs is 4. The van der Waals surface area contributed by atoms with Crippen LogP contribution in [0, 0.1) is 13.8 Å². The van der Waals surface area contributed by atoms with Gasteiger partial charge in [-0.25, -0.2) is 25.0 Å². The van der Waals surface area contributed by atoms with Crippen LogP contribution in [0.3, 0.4) is 0 Å². The minimum absolute atomic E-state index is 0.0384. The topological polar surface area (TPSA) is 261 Å². The molecule has 8 aromatic rings. The Hall–Kier alpha value is -7.47. The Balaban J connectivity index is 0.000000171. The molecule has 2 aliphatic rings. The molecule has 0 saturated heterocycles. The number of para-hydroxylation sites is 2. The van der Waals surface area contributed by atoms with E-state index in [9.17, 15) is 14.4 Å². The lowest BCUT2D eigenvalue weighted by Crippen LogP contribution is -2.49. The highest BCUT2D eigenvalue weighted by molar-refractivity contribution is 6.00. The molecule has 0 radical (unpaired) electrons. The summed E-state index contributed by atoms with van der Waals surface area (Å²) >= 11 is 0. The third-order valence-electron chi connectivity index (χ3n) is 12.6. The second-order valence-corrected chi connectivity index (χ2v) is 18.7. The largest absolute Gasteiger partial charge is 0.444 e. The molecule has 2 aliphatic carbocycles. The minimum atomic E-state index is -0.567. The molecule has 0 bridgehead atoms. The Bertz CT molecular complexity index is 3200. The van der Waals surface area contributed by atoms with Crippen LogP contribution in [-0.4, -0.2) is 76.2 Å². The maximum atomic E-state index is 12.8. The highest BCUT2D eigenvalue weighted by Gasteiger charge is 2.29. The van der Waals surface area contributed by atoms with Crippen LogP contribution in [0.15, 0.2) is 82.9 Å². The van der Waals surface area contributed by atoms with Crippen LogP contribution in [-0.2, 0) is 4.74 Å². The number of aromatic nitrogens is 8. The number of hydrogen-bond acceptors (Lipinski definition) is 13. The standard InChI is InChI=1S/C27H33N7O3.C22H25N7O/c1-15-13-28-23-17(15)8-7-11-20(23)31-24-22-16(14-29-34-25(22)35)12-21(33-24)30-18-9-5-6-10-19(18)32-26(36)37-27(2,3)4;1-12-10-24-20-14(12)5-4-8-17(20)27-21-19-13(11-25-29-22(19)30)9-18(28-21)26-16-7-3-2-6-15(16)23/h7-8,11-14,18-19,28H,5-6,9-10H2,1-4H3,(H,32,36)(H,34,35)(H2,30,31,33);4-5,8-11,15-16,24H,2-3,6-7,23H2,1H3,(H,29,30)(H2,26,27,28)/t18-,19+;15-,16+/m10/s1. The van der Waals surface area contributed by atoms with E-state index in [1.54, 1.807) is 12.4 Å². The number of H-pyrrole nitrogens is 4. The number of aromatic amines is 4. The third kappa shape index (κ3) is 9.89. The van der Waals surface area contributed by atoms with Gasteiger partial charge in [-0.1, -0.05) is 49.9 Å². The van der Waals surface area contributed by atoms with Crippen LogP contribution in [0.4, 0.5) is 39.4 Å². The molecular formula is C49H58N14O4. The molecule has 10 rings (SSSR count). The summed E-state index contributed by atoms with van der Waals surface area (Å²) in [4.78, 5) is 54.0. The molecular weight excluding hydrogens is 849 g/mol. The quantitative estimate of drug-likeness (QED) is 0.0651. The first kappa shape index (κ1) is 44.7. The maximum absolute atomic E-state index is 12.8. The number of hydrogen-bond donors (Lipinski definition) is 10. The van der Waals surface area contributed by atoms with Crippen LogP contribution < -0.4 is 43.4 Å². The Morgan fingerprint density at radius 2 is 1.16 bits per heavy atom. The molecule has 348 valence electrons. The first-order chi connectivity index (χ1) is 32.3. The van der Waals surface area contributed by atoms with E-state index in [0.29, 0.717) is 39.4 Å². The molecule has 6 heterocycles. The van der Waals surface area contributed by atoms with Gasteiger partial charge < -0.3 is 47.0 Å². The van der Waals surface area contributed by atoms with Gasteiger partial charge in [0.15, 0.2) is 0 Å². The average Bonchev–Trinajstić information content (AvgIpc) is 3.87. The number of carbonyl (C=O) groups excluding carboxylic acids is 1. The van der Waals surface area contributed by atoms with E-state index in [-0.39, 0.29) is 35.3 Å². The van der Waals surface area contributed by atoms with Gasteiger partial charge in [0.25, 0.3) is 11.1 Å². The number of anilines is 6. The lowest BCUT2D eigenvalue weighted by atomic mass is 9.90. The summed E-state index contributed by atoms with van der Waals surface area (Å²) in [5.41, 5.74) is 11.0. The third-order valence-corrected chi connectivity index (χ3v) is 12.6. The first-order valence-corrected chi connectivity index (χ1v) is 23.0. The molecule has 0 unspecified atom stereocenters. The molecule has 2 aromatic carbocycles. The van der Waals surface area contributed by atoms with Gasteiger partial charge in [-0.15, -0.1) is 0 Å². The molecule has 18 nitrogen and oxygen atoms in total. The van der Waals surface area contributed by atoms with Gasteiger partial charge in [-0.05, 0) is 95.7 Å². The number of nitrogens with one attached hydrogen (secondary N) is 9. The van der Waals surface area contributed by atoms with Gasteiger partial charge in [0.2, 0.25) is 0 Å². The van der Waals surface area contributed by atoms with E-state index in [1.807, 2.05) is 82.6 Å². The van der Waals surface area contributed by atoms with E-state index in [2.05, 4.69) is 69.9 Å². The molecule has 0 spiro atoms. The summed E-state index contributed by atoms with van der Waals surface area (Å²) in [6, 6.07) is 15.8. The fourth-order valence-corrected chi connectivity index (χ4v) is 9.28. The summed E-state index contributed by atoms with van der Waals surface area (Å²) in [6.07, 6.45) is 14.9. The molecule has 11 N–H and O–H groups in total. The van der Waals surface area contributed by atoms with Crippen LogP contribution in [0.5, 0.6) is 0 Å². The molecule has 67 heavy (non-hydrogen) atoms. The second-order valence-electron chi connectivity index (χ2n) is 18.7. The van der Waals surface area contributed by atoms with Crippen molar-refractivity contribution in [3.05, 3.63) is 105 Å². The van der Waals surface area contributed by atoms with Crippen molar-refractivity contribution in [1.29, 1.82) is 0 Å². The van der Waals surface area contributed by atoms with Crippen molar-refractivity contribution in [2.45, 2.75) is 116 Å². The Kier molecular flexibility index (Phi) is 12.5. The monoisotopic (exact) mass is 906 g/mol. The minimum Gasteiger partial charge on any atom is -0.444 e. The summed E-state index contributed by atoms with van der Waals surface area (Å²) in [7, 11) is 0. The molecule has 18 heteroatoms. The van der Waals surface area contributed by atoms with Crippen LogP contribution in [0.1, 0.15) is 83.3 Å². The number of nitrogens with zero attached hydrogens (tertiary/aromatic N) is 4. The number of nitrogens with two attached hydrogens (primary N) is 1. The van der Waals surface area contributed by atoms with Gasteiger partial charge in [0.05, 0.1) is 51.6 Å². The molecule has 4 atom stereocenters. The van der Waals surface area contributed by atoms with Crippen molar-refractivity contribution in [3.8, 4) is 0 Å². The van der Waals surface area contributed by atoms with Gasteiger partial charge in [-0.3, -0.25) is 9.59 Å². The molecule has 2 fully saturated rings. The smallest absolute Gasteiger partial charge is 0.407 e.